The van der Waals surface area contributed by atoms with E-state index in [-0.39, 0.29) is 11.7 Å². The summed E-state index contributed by atoms with van der Waals surface area (Å²) in [7, 11) is -3.75. The first-order valence-corrected chi connectivity index (χ1v) is 10.7. The van der Waals surface area contributed by atoms with Crippen molar-refractivity contribution in [3.8, 4) is 28.8 Å². The summed E-state index contributed by atoms with van der Waals surface area (Å²) < 4.78 is 33.3. The molecule has 146 valence electrons. The van der Waals surface area contributed by atoms with Crippen molar-refractivity contribution in [1.29, 1.82) is 5.26 Å². The Kier molecular flexibility index (Phi) is 4.94. The third-order valence-corrected chi connectivity index (χ3v) is 5.89. The average Bonchev–Trinajstić information content (AvgIpc) is 3.37. The minimum atomic E-state index is -3.75. The molecular weight excluding hydrogens is 412 g/mol. The Morgan fingerprint density at radius 3 is 2.69 bits per heavy atom. The van der Waals surface area contributed by atoms with E-state index in [0.29, 0.717) is 27.8 Å². The van der Waals surface area contributed by atoms with Gasteiger partial charge in [-0.05, 0) is 42.5 Å². The number of sulfonamides is 1. The summed E-state index contributed by atoms with van der Waals surface area (Å²) >= 11 is 1.34. The van der Waals surface area contributed by atoms with Crippen molar-refractivity contribution >= 4 is 32.6 Å². The molecule has 3 N–H and O–H groups in total. The lowest BCUT2D eigenvalue weighted by Crippen LogP contribution is -2.11. The van der Waals surface area contributed by atoms with Crippen molar-refractivity contribution in [3.63, 3.8) is 0 Å². The first-order valence-electron chi connectivity index (χ1n) is 8.29. The summed E-state index contributed by atoms with van der Waals surface area (Å²) in [4.78, 5) is 4.55. The second-order valence-electron chi connectivity index (χ2n) is 5.99. The molecule has 0 saturated carbocycles. The van der Waals surface area contributed by atoms with Gasteiger partial charge in [0.2, 0.25) is 16.8 Å². The molecule has 8 nitrogen and oxygen atoms in total. The average molecular weight is 426 g/mol. The maximum Gasteiger partial charge on any atom is 0.238 e. The molecule has 29 heavy (non-hydrogen) atoms. The van der Waals surface area contributed by atoms with Gasteiger partial charge in [0.15, 0.2) is 11.5 Å². The fourth-order valence-electron chi connectivity index (χ4n) is 2.62. The summed E-state index contributed by atoms with van der Waals surface area (Å²) in [5.41, 5.74) is 2.54. The summed E-state index contributed by atoms with van der Waals surface area (Å²) in [6, 6.07) is 13.6. The number of benzene rings is 2. The molecule has 2 aromatic carbocycles. The minimum Gasteiger partial charge on any atom is -0.454 e. The first kappa shape index (κ1) is 18.9. The first-order chi connectivity index (χ1) is 13.9. The minimum absolute atomic E-state index is 0.0147. The molecule has 10 heteroatoms. The van der Waals surface area contributed by atoms with E-state index in [9.17, 15) is 13.7 Å². The molecule has 1 aliphatic heterocycles. The molecule has 0 atom stereocenters. The van der Waals surface area contributed by atoms with Crippen LogP contribution in [0.5, 0.6) is 11.5 Å². The Labute approximate surface area is 170 Å². The van der Waals surface area contributed by atoms with Crippen LogP contribution in [0, 0.1) is 11.3 Å². The Bertz CT molecular complexity index is 1240. The summed E-state index contributed by atoms with van der Waals surface area (Å²) in [6.07, 6.45) is 1.52. The number of nitrogens with zero attached hydrogens (tertiary/aromatic N) is 2. The second kappa shape index (κ2) is 7.56. The maximum atomic E-state index is 11.3. The number of fused-ring (bicyclic) bond motifs is 1. The van der Waals surface area contributed by atoms with Gasteiger partial charge < -0.3 is 14.8 Å². The van der Waals surface area contributed by atoms with E-state index in [0.717, 1.165) is 11.3 Å². The Morgan fingerprint density at radius 2 is 1.97 bits per heavy atom. The number of hydrogen-bond acceptors (Lipinski definition) is 8. The molecule has 0 fully saturated rings. The lowest BCUT2D eigenvalue weighted by atomic mass is 10.1. The predicted octanol–water partition coefficient (Wildman–Crippen LogP) is 3.16. The zero-order valence-corrected chi connectivity index (χ0v) is 16.5. The summed E-state index contributed by atoms with van der Waals surface area (Å²) in [5, 5.41) is 19.9. The van der Waals surface area contributed by atoms with Crippen molar-refractivity contribution in [2.45, 2.75) is 4.90 Å². The summed E-state index contributed by atoms with van der Waals surface area (Å²) in [5.74, 6) is 1.36. The lowest BCUT2D eigenvalue weighted by molar-refractivity contribution is 0.174. The number of primary sulfonamides is 1. The van der Waals surface area contributed by atoms with Crippen LogP contribution in [0.4, 0.5) is 5.69 Å². The molecule has 2 heterocycles. The molecule has 1 aromatic heterocycles. The SMILES string of the molecule is N#C/C(=C/Nc1ccc(S(N)(=O)=O)cc1)c1nc(-c2ccc3c(c2)OCO3)cs1. The zero-order valence-electron chi connectivity index (χ0n) is 14.8. The van der Waals surface area contributed by atoms with Gasteiger partial charge in [-0.2, -0.15) is 5.26 Å². The molecule has 3 aromatic rings. The molecular formula is C19H14N4O4S2. The highest BCUT2D eigenvalue weighted by molar-refractivity contribution is 7.89. The van der Waals surface area contributed by atoms with Crippen LogP contribution in [0.25, 0.3) is 16.8 Å². The van der Waals surface area contributed by atoms with Gasteiger partial charge in [-0.25, -0.2) is 18.5 Å². The molecule has 0 bridgehead atoms. The monoisotopic (exact) mass is 426 g/mol. The highest BCUT2D eigenvalue weighted by Crippen LogP contribution is 2.36. The largest absolute Gasteiger partial charge is 0.454 e. The van der Waals surface area contributed by atoms with Gasteiger partial charge in [0.05, 0.1) is 10.6 Å². The van der Waals surface area contributed by atoms with Gasteiger partial charge in [-0.15, -0.1) is 11.3 Å². The van der Waals surface area contributed by atoms with Crippen molar-refractivity contribution in [1.82, 2.24) is 4.98 Å². The van der Waals surface area contributed by atoms with Gasteiger partial charge in [0.25, 0.3) is 0 Å². The predicted molar refractivity (Wildman–Crippen MR) is 109 cm³/mol. The van der Waals surface area contributed by atoms with Crippen LogP contribution in [0.2, 0.25) is 0 Å². The molecule has 0 amide bonds. The highest BCUT2D eigenvalue weighted by Gasteiger charge is 2.16. The molecule has 0 spiro atoms. The number of rotatable bonds is 5. The van der Waals surface area contributed by atoms with Crippen molar-refractivity contribution in [3.05, 3.63) is 59.1 Å². The number of nitrogens with one attached hydrogen (secondary N) is 1. The Balaban J connectivity index is 1.53. The van der Waals surface area contributed by atoms with Crippen LogP contribution in [0.3, 0.4) is 0 Å². The van der Waals surface area contributed by atoms with Crippen LogP contribution >= 0.6 is 11.3 Å². The van der Waals surface area contributed by atoms with E-state index in [4.69, 9.17) is 14.6 Å². The van der Waals surface area contributed by atoms with Crippen molar-refractivity contribution < 1.29 is 17.9 Å². The van der Waals surface area contributed by atoms with Gasteiger partial charge in [0, 0.05) is 22.8 Å². The topological polar surface area (TPSA) is 127 Å². The fraction of sp³-hybridized carbons (Fsp3) is 0.0526. The Morgan fingerprint density at radius 1 is 1.21 bits per heavy atom. The Hall–Kier alpha value is -3.39. The van der Waals surface area contributed by atoms with Crippen molar-refractivity contribution in [2.75, 3.05) is 12.1 Å². The number of nitriles is 1. The van der Waals surface area contributed by atoms with Crippen molar-refractivity contribution in [2.24, 2.45) is 5.14 Å². The maximum absolute atomic E-state index is 11.3. The summed E-state index contributed by atoms with van der Waals surface area (Å²) in [6.45, 7) is 0.201. The highest BCUT2D eigenvalue weighted by atomic mass is 32.2. The number of nitrogens with two attached hydrogens (primary N) is 1. The van der Waals surface area contributed by atoms with E-state index in [1.54, 1.807) is 12.1 Å². The number of thiazole rings is 1. The number of aromatic nitrogens is 1. The quantitative estimate of drug-likeness (QED) is 0.600. The van der Waals surface area contributed by atoms with Crippen LogP contribution in [0.15, 0.2) is 58.9 Å². The standard InChI is InChI=1S/C19H14N4O4S2/c20-8-13(9-22-14-2-4-15(5-3-14)29(21,24)25)19-23-16(10-28-19)12-1-6-17-18(7-12)27-11-26-17/h1-7,9-10,22H,11H2,(H2,21,24,25)/b13-9-. The van der Waals surface area contributed by atoms with E-state index in [1.807, 2.05) is 23.6 Å². The molecule has 0 radical (unpaired) electrons. The number of allylic oxidation sites excluding steroid dienone is 1. The molecule has 0 unspecified atom stereocenters. The number of anilines is 1. The van der Waals surface area contributed by atoms with Crippen LogP contribution in [-0.2, 0) is 10.0 Å². The smallest absolute Gasteiger partial charge is 0.238 e. The van der Waals surface area contributed by atoms with E-state index < -0.39 is 10.0 Å². The van der Waals surface area contributed by atoms with Crippen LogP contribution in [-0.4, -0.2) is 20.2 Å². The number of hydrogen-bond donors (Lipinski definition) is 2. The van der Waals surface area contributed by atoms with E-state index >= 15 is 0 Å². The van der Waals surface area contributed by atoms with Gasteiger partial charge in [-0.3, -0.25) is 0 Å². The second-order valence-corrected chi connectivity index (χ2v) is 8.41. The van der Waals surface area contributed by atoms with Gasteiger partial charge in [0.1, 0.15) is 16.6 Å². The third-order valence-electron chi connectivity index (χ3n) is 4.09. The number of ether oxygens (including phenoxy) is 2. The molecule has 0 aliphatic carbocycles. The van der Waals surface area contributed by atoms with Crippen LogP contribution in [0.1, 0.15) is 5.01 Å². The third kappa shape index (κ3) is 4.07. The van der Waals surface area contributed by atoms with Gasteiger partial charge in [-0.1, -0.05) is 0 Å². The zero-order chi connectivity index (χ0) is 20.4. The normalized spacial score (nSPS) is 13.2. The molecule has 0 saturated heterocycles. The fourth-order valence-corrected chi connectivity index (χ4v) is 3.93. The van der Waals surface area contributed by atoms with E-state index in [1.165, 1.54) is 29.7 Å². The molecule has 1 aliphatic rings. The lowest BCUT2D eigenvalue weighted by Gasteiger charge is -2.03. The van der Waals surface area contributed by atoms with Gasteiger partial charge >= 0.3 is 0 Å². The molecule has 4 rings (SSSR count). The van der Waals surface area contributed by atoms with Crippen LogP contribution < -0.4 is 19.9 Å². The van der Waals surface area contributed by atoms with E-state index in [2.05, 4.69) is 16.4 Å².